The van der Waals surface area contributed by atoms with Crippen LogP contribution in [0.15, 0.2) is 40.9 Å². The van der Waals surface area contributed by atoms with Crippen molar-refractivity contribution in [2.24, 2.45) is 0 Å². The normalized spacial score (nSPS) is 10.3. The molecule has 0 aliphatic heterocycles. The summed E-state index contributed by atoms with van der Waals surface area (Å²) in [5.41, 5.74) is 0.495. The van der Waals surface area contributed by atoms with E-state index in [0.717, 1.165) is 0 Å². The lowest BCUT2D eigenvalue weighted by atomic mass is 10.3. The number of ether oxygens (including phenoxy) is 1. The molecule has 88 valence electrons. The Bertz CT molecular complexity index is 534. The maximum Gasteiger partial charge on any atom is 0.219 e. The molecule has 17 heavy (non-hydrogen) atoms. The summed E-state index contributed by atoms with van der Waals surface area (Å²) in [6, 6.07) is 9.16. The third-order valence-electron chi connectivity index (χ3n) is 2.05. The van der Waals surface area contributed by atoms with E-state index in [9.17, 15) is 4.39 Å². The topological polar surface area (TPSA) is 42.4 Å². The first-order valence-corrected chi connectivity index (χ1v) is 5.68. The minimum Gasteiger partial charge on any atom is -0.438 e. The van der Waals surface area contributed by atoms with Crippen molar-refractivity contribution < 1.29 is 14.2 Å². The van der Waals surface area contributed by atoms with E-state index in [4.69, 9.17) is 9.84 Å². The van der Waals surface area contributed by atoms with E-state index in [2.05, 4.69) is 20.9 Å². The number of hydrogen-bond donors (Lipinski definition) is 1. The van der Waals surface area contributed by atoms with Gasteiger partial charge < -0.3 is 9.84 Å². The van der Waals surface area contributed by atoms with Crippen LogP contribution >= 0.6 is 15.9 Å². The summed E-state index contributed by atoms with van der Waals surface area (Å²) in [5.74, 6) is 0.261. The van der Waals surface area contributed by atoms with Gasteiger partial charge in [0.1, 0.15) is 11.6 Å². The van der Waals surface area contributed by atoms with Gasteiger partial charge in [0, 0.05) is 12.1 Å². The van der Waals surface area contributed by atoms with Crippen molar-refractivity contribution in [3.8, 4) is 11.6 Å². The molecule has 1 N–H and O–H groups in total. The molecule has 0 aliphatic rings. The van der Waals surface area contributed by atoms with Crippen LogP contribution < -0.4 is 4.74 Å². The van der Waals surface area contributed by atoms with Crippen LogP contribution in [-0.2, 0) is 6.61 Å². The lowest BCUT2D eigenvalue weighted by Gasteiger charge is -2.07. The third kappa shape index (κ3) is 3.01. The smallest absolute Gasteiger partial charge is 0.219 e. The van der Waals surface area contributed by atoms with Gasteiger partial charge in [-0.2, -0.15) is 0 Å². The molecule has 0 fully saturated rings. The Morgan fingerprint density at radius 1 is 1.29 bits per heavy atom. The maximum atomic E-state index is 13.0. The summed E-state index contributed by atoms with van der Waals surface area (Å²) in [6.45, 7) is -0.165. The largest absolute Gasteiger partial charge is 0.438 e. The van der Waals surface area contributed by atoms with Gasteiger partial charge in [0.25, 0.3) is 0 Å². The van der Waals surface area contributed by atoms with E-state index < -0.39 is 0 Å². The van der Waals surface area contributed by atoms with Gasteiger partial charge in [0.15, 0.2) is 0 Å². The first kappa shape index (κ1) is 12.0. The molecule has 0 radical (unpaired) electrons. The number of hydrogen-bond acceptors (Lipinski definition) is 3. The highest BCUT2D eigenvalue weighted by Crippen LogP contribution is 2.29. The van der Waals surface area contributed by atoms with E-state index >= 15 is 0 Å². The SMILES string of the molecule is OCc1cccc(Oc2cc(F)ccc2Br)n1. The van der Waals surface area contributed by atoms with Crippen LogP contribution in [0.25, 0.3) is 0 Å². The summed E-state index contributed by atoms with van der Waals surface area (Å²) in [5, 5.41) is 8.94. The van der Waals surface area contributed by atoms with Gasteiger partial charge in [-0.3, -0.25) is 0 Å². The average Bonchev–Trinajstić information content (AvgIpc) is 2.34. The zero-order valence-corrected chi connectivity index (χ0v) is 10.3. The third-order valence-corrected chi connectivity index (χ3v) is 2.71. The molecule has 2 aromatic rings. The van der Waals surface area contributed by atoms with E-state index in [-0.39, 0.29) is 12.4 Å². The Kier molecular flexibility index (Phi) is 3.71. The minimum absolute atomic E-state index is 0.165. The van der Waals surface area contributed by atoms with Gasteiger partial charge >= 0.3 is 0 Å². The van der Waals surface area contributed by atoms with Crippen LogP contribution in [0.1, 0.15) is 5.69 Å². The number of halogens is 2. The Morgan fingerprint density at radius 3 is 2.88 bits per heavy atom. The fourth-order valence-corrected chi connectivity index (χ4v) is 1.60. The standard InChI is InChI=1S/C12H9BrFNO2/c13-10-5-4-8(14)6-11(10)17-12-3-1-2-9(7-16)15-12/h1-6,16H,7H2. The van der Waals surface area contributed by atoms with Crippen molar-refractivity contribution in [2.75, 3.05) is 0 Å². The zero-order valence-electron chi connectivity index (χ0n) is 8.73. The molecule has 0 saturated carbocycles. The van der Waals surface area contributed by atoms with Crippen molar-refractivity contribution in [1.29, 1.82) is 0 Å². The number of aliphatic hydroxyl groups excluding tert-OH is 1. The predicted octanol–water partition coefficient (Wildman–Crippen LogP) is 3.27. The Hall–Kier alpha value is -1.46. The quantitative estimate of drug-likeness (QED) is 0.945. The monoisotopic (exact) mass is 297 g/mol. The highest BCUT2D eigenvalue weighted by atomic mass is 79.9. The molecule has 1 aromatic carbocycles. The van der Waals surface area contributed by atoms with Crippen molar-refractivity contribution >= 4 is 15.9 Å². The van der Waals surface area contributed by atoms with E-state index in [1.807, 2.05) is 0 Å². The number of aromatic nitrogens is 1. The second kappa shape index (κ2) is 5.25. The minimum atomic E-state index is -0.387. The van der Waals surface area contributed by atoms with E-state index in [0.29, 0.717) is 21.8 Å². The van der Waals surface area contributed by atoms with Crippen LogP contribution in [0.2, 0.25) is 0 Å². The average molecular weight is 298 g/mol. The van der Waals surface area contributed by atoms with Crippen molar-refractivity contribution in [3.05, 3.63) is 52.4 Å². The fourth-order valence-electron chi connectivity index (χ4n) is 1.27. The van der Waals surface area contributed by atoms with Gasteiger partial charge in [0.05, 0.1) is 16.8 Å². The molecule has 1 aromatic heterocycles. The van der Waals surface area contributed by atoms with Gasteiger partial charge in [-0.05, 0) is 34.1 Å². The molecule has 1 heterocycles. The predicted molar refractivity (Wildman–Crippen MR) is 64.3 cm³/mol. The number of pyridine rings is 1. The van der Waals surface area contributed by atoms with Crippen molar-refractivity contribution in [1.82, 2.24) is 4.98 Å². The van der Waals surface area contributed by atoms with Crippen molar-refractivity contribution in [3.63, 3.8) is 0 Å². The van der Waals surface area contributed by atoms with Crippen LogP contribution in [0.5, 0.6) is 11.6 Å². The molecule has 5 heteroatoms. The number of rotatable bonds is 3. The highest BCUT2D eigenvalue weighted by molar-refractivity contribution is 9.10. The molecule has 0 atom stereocenters. The summed E-state index contributed by atoms with van der Waals surface area (Å²) < 4.78 is 19.1. The van der Waals surface area contributed by atoms with Gasteiger partial charge in [-0.15, -0.1) is 0 Å². The van der Waals surface area contributed by atoms with E-state index in [1.165, 1.54) is 12.1 Å². The number of benzene rings is 1. The molecule has 0 saturated heterocycles. The second-order valence-corrected chi connectivity index (χ2v) is 4.16. The molecular formula is C12H9BrFNO2. The highest BCUT2D eigenvalue weighted by Gasteiger charge is 2.05. The van der Waals surface area contributed by atoms with Crippen LogP contribution in [0, 0.1) is 5.82 Å². The van der Waals surface area contributed by atoms with E-state index in [1.54, 1.807) is 24.3 Å². The van der Waals surface area contributed by atoms with Crippen LogP contribution in [0.3, 0.4) is 0 Å². The molecule has 2 rings (SSSR count). The second-order valence-electron chi connectivity index (χ2n) is 3.30. The fraction of sp³-hybridized carbons (Fsp3) is 0.0833. The summed E-state index contributed by atoms with van der Waals surface area (Å²) in [6.07, 6.45) is 0. The van der Waals surface area contributed by atoms with Gasteiger partial charge in [0.2, 0.25) is 5.88 Å². The Balaban J connectivity index is 2.27. The van der Waals surface area contributed by atoms with Crippen LogP contribution in [-0.4, -0.2) is 10.1 Å². The maximum absolute atomic E-state index is 13.0. The molecule has 0 spiro atoms. The summed E-state index contributed by atoms with van der Waals surface area (Å²) >= 11 is 3.25. The molecule has 0 bridgehead atoms. The number of nitrogens with zero attached hydrogens (tertiary/aromatic N) is 1. The summed E-state index contributed by atoms with van der Waals surface area (Å²) in [4.78, 5) is 4.04. The Morgan fingerprint density at radius 2 is 2.12 bits per heavy atom. The molecule has 0 aliphatic carbocycles. The lowest BCUT2D eigenvalue weighted by Crippen LogP contribution is -1.93. The van der Waals surface area contributed by atoms with Gasteiger partial charge in [-0.1, -0.05) is 6.07 Å². The molecular weight excluding hydrogens is 289 g/mol. The molecule has 0 amide bonds. The van der Waals surface area contributed by atoms with Crippen molar-refractivity contribution in [2.45, 2.75) is 6.61 Å². The first-order valence-electron chi connectivity index (χ1n) is 4.89. The van der Waals surface area contributed by atoms with Gasteiger partial charge in [-0.25, -0.2) is 9.37 Å². The molecule has 3 nitrogen and oxygen atoms in total. The summed E-state index contributed by atoms with van der Waals surface area (Å²) in [7, 11) is 0. The van der Waals surface area contributed by atoms with Crippen LogP contribution in [0.4, 0.5) is 4.39 Å². The molecule has 0 unspecified atom stereocenters. The number of aliphatic hydroxyl groups is 1. The Labute approximate surface area is 106 Å². The lowest BCUT2D eigenvalue weighted by molar-refractivity contribution is 0.275. The first-order chi connectivity index (χ1) is 8.19. The zero-order chi connectivity index (χ0) is 12.3.